The highest BCUT2D eigenvalue weighted by Gasteiger charge is 1.94. The summed E-state index contributed by atoms with van der Waals surface area (Å²) >= 11 is 0. The molecule has 8 heteroatoms. The summed E-state index contributed by atoms with van der Waals surface area (Å²) in [6.07, 6.45) is 4.06. The molecule has 13 heavy (non-hydrogen) atoms. The van der Waals surface area contributed by atoms with Gasteiger partial charge in [-0.25, -0.2) is 9.36 Å². The van der Waals surface area contributed by atoms with Gasteiger partial charge in [-0.05, 0) is 27.3 Å². The summed E-state index contributed by atoms with van der Waals surface area (Å²) in [5, 5.41) is 21.6. The molecule has 0 aliphatic rings. The number of aromatic nitrogens is 8. The Hall–Kier alpha value is -1.86. The second-order valence-corrected chi connectivity index (χ2v) is 2.50. The minimum absolute atomic E-state index is 0.771. The first kappa shape index (κ1) is 7.77. The van der Waals surface area contributed by atoms with Crippen molar-refractivity contribution in [3.63, 3.8) is 0 Å². The molecule has 0 aliphatic carbocycles. The molecule has 2 aromatic heterocycles. The Bertz CT molecular complexity index is 289. The molecule has 68 valence electrons. The SMILES string of the molecule is c1nnnn1CCCn1cnnn1. The summed E-state index contributed by atoms with van der Waals surface area (Å²) in [6, 6.07) is 0. The maximum Gasteiger partial charge on any atom is 0.138 e. The van der Waals surface area contributed by atoms with Crippen molar-refractivity contribution in [1.82, 2.24) is 40.4 Å². The lowest BCUT2D eigenvalue weighted by Crippen LogP contribution is -2.05. The van der Waals surface area contributed by atoms with Gasteiger partial charge in [-0.3, -0.25) is 0 Å². The van der Waals surface area contributed by atoms with E-state index in [1.807, 2.05) is 0 Å². The van der Waals surface area contributed by atoms with E-state index in [0.29, 0.717) is 0 Å². The molecule has 0 amide bonds. The maximum atomic E-state index is 3.73. The van der Waals surface area contributed by atoms with Gasteiger partial charge in [-0.15, -0.1) is 10.2 Å². The van der Waals surface area contributed by atoms with Crippen LogP contribution in [0.3, 0.4) is 0 Å². The Morgan fingerprint density at radius 3 is 1.77 bits per heavy atom. The van der Waals surface area contributed by atoms with Crippen LogP contribution in [0.1, 0.15) is 6.42 Å². The third kappa shape index (κ3) is 2.04. The molecule has 2 rings (SSSR count). The lowest BCUT2D eigenvalue weighted by atomic mass is 10.4. The van der Waals surface area contributed by atoms with Crippen LogP contribution in [-0.4, -0.2) is 40.4 Å². The fraction of sp³-hybridized carbons (Fsp3) is 0.600. The van der Waals surface area contributed by atoms with Gasteiger partial charge in [0.1, 0.15) is 12.7 Å². The monoisotopic (exact) mass is 180 g/mol. The molecule has 0 spiro atoms. The van der Waals surface area contributed by atoms with Crippen LogP contribution in [0.25, 0.3) is 0 Å². The Labute approximate surface area is 73.6 Å². The van der Waals surface area contributed by atoms with Crippen LogP contribution in [0.4, 0.5) is 0 Å². The summed E-state index contributed by atoms with van der Waals surface area (Å²) in [7, 11) is 0. The summed E-state index contributed by atoms with van der Waals surface area (Å²) in [6.45, 7) is 1.54. The van der Waals surface area contributed by atoms with Crippen LogP contribution < -0.4 is 0 Å². The molecule has 0 N–H and O–H groups in total. The predicted molar refractivity (Wildman–Crippen MR) is 40.3 cm³/mol. The molecular weight excluding hydrogens is 172 g/mol. The van der Waals surface area contributed by atoms with Crippen LogP contribution in [0.2, 0.25) is 0 Å². The second kappa shape index (κ2) is 3.70. The number of tetrazole rings is 2. The van der Waals surface area contributed by atoms with E-state index in [9.17, 15) is 0 Å². The smallest absolute Gasteiger partial charge is 0.138 e. The quantitative estimate of drug-likeness (QED) is 0.584. The minimum atomic E-state index is 0.771. The molecule has 0 aliphatic heterocycles. The number of aryl methyl sites for hydroxylation is 2. The van der Waals surface area contributed by atoms with Crippen LogP contribution in [0.5, 0.6) is 0 Å². The molecule has 2 heterocycles. The number of hydrogen-bond donors (Lipinski definition) is 0. The topological polar surface area (TPSA) is 87.2 Å². The van der Waals surface area contributed by atoms with Crippen molar-refractivity contribution in [3.05, 3.63) is 12.7 Å². The third-order valence-electron chi connectivity index (χ3n) is 1.56. The van der Waals surface area contributed by atoms with Crippen LogP contribution in [0, 0.1) is 0 Å². The highest BCUT2D eigenvalue weighted by molar-refractivity contribution is 4.50. The van der Waals surface area contributed by atoms with Gasteiger partial charge >= 0.3 is 0 Å². The summed E-state index contributed by atoms with van der Waals surface area (Å²) in [5.74, 6) is 0. The zero-order chi connectivity index (χ0) is 8.93. The number of nitrogens with zero attached hydrogens (tertiary/aromatic N) is 8. The van der Waals surface area contributed by atoms with E-state index >= 15 is 0 Å². The predicted octanol–water partition coefficient (Wildman–Crippen LogP) is -1.25. The molecule has 0 aromatic carbocycles. The van der Waals surface area contributed by atoms with Crippen molar-refractivity contribution in [2.75, 3.05) is 0 Å². The Morgan fingerprint density at radius 2 is 1.38 bits per heavy atom. The Kier molecular flexibility index (Phi) is 2.21. The molecule has 0 saturated heterocycles. The largest absolute Gasteiger partial charge is 0.232 e. The minimum Gasteiger partial charge on any atom is -0.232 e. The fourth-order valence-electron chi connectivity index (χ4n) is 0.960. The van der Waals surface area contributed by atoms with Crippen LogP contribution >= 0.6 is 0 Å². The highest BCUT2D eigenvalue weighted by Crippen LogP contribution is 1.89. The first-order chi connectivity index (χ1) is 6.45. The third-order valence-corrected chi connectivity index (χ3v) is 1.56. The lowest BCUT2D eigenvalue weighted by Gasteiger charge is -1.98. The van der Waals surface area contributed by atoms with Crippen molar-refractivity contribution < 1.29 is 0 Å². The fourth-order valence-corrected chi connectivity index (χ4v) is 0.960. The standard InChI is InChI=1S/C5H8N8/c1(2-12-4-6-8-10-12)3-13-5-7-9-11-13/h4-5H,1-3H2. The molecule has 0 radical (unpaired) electrons. The highest BCUT2D eigenvalue weighted by atomic mass is 15.5. The maximum absolute atomic E-state index is 3.73. The summed E-state index contributed by atoms with van der Waals surface area (Å²) in [4.78, 5) is 0. The average Bonchev–Trinajstić information content (AvgIpc) is 2.75. The Morgan fingerprint density at radius 1 is 0.846 bits per heavy atom. The van der Waals surface area contributed by atoms with Crippen molar-refractivity contribution in [3.8, 4) is 0 Å². The molecule has 0 saturated carbocycles. The molecular formula is C5H8N8. The van der Waals surface area contributed by atoms with Gasteiger partial charge in [0.2, 0.25) is 0 Å². The van der Waals surface area contributed by atoms with Crippen molar-refractivity contribution in [1.29, 1.82) is 0 Å². The van der Waals surface area contributed by atoms with E-state index in [0.717, 1.165) is 19.5 Å². The van der Waals surface area contributed by atoms with Crippen molar-refractivity contribution in [2.24, 2.45) is 0 Å². The second-order valence-electron chi connectivity index (χ2n) is 2.50. The normalized spacial score (nSPS) is 10.5. The van der Waals surface area contributed by atoms with Crippen LogP contribution in [0.15, 0.2) is 12.7 Å². The average molecular weight is 180 g/mol. The Balaban J connectivity index is 1.76. The van der Waals surface area contributed by atoms with E-state index in [1.54, 1.807) is 22.0 Å². The van der Waals surface area contributed by atoms with Gasteiger partial charge in [0.25, 0.3) is 0 Å². The zero-order valence-corrected chi connectivity index (χ0v) is 6.85. The molecule has 8 nitrogen and oxygen atoms in total. The van der Waals surface area contributed by atoms with Gasteiger partial charge in [0, 0.05) is 13.1 Å². The van der Waals surface area contributed by atoms with E-state index < -0.39 is 0 Å². The van der Waals surface area contributed by atoms with Gasteiger partial charge in [0.15, 0.2) is 0 Å². The first-order valence-corrected chi connectivity index (χ1v) is 3.87. The van der Waals surface area contributed by atoms with Gasteiger partial charge < -0.3 is 0 Å². The molecule has 0 bridgehead atoms. The van der Waals surface area contributed by atoms with Crippen molar-refractivity contribution >= 4 is 0 Å². The first-order valence-electron chi connectivity index (χ1n) is 3.87. The summed E-state index contributed by atoms with van der Waals surface area (Å²) in [5.41, 5.74) is 0. The van der Waals surface area contributed by atoms with Crippen molar-refractivity contribution in [2.45, 2.75) is 19.5 Å². The van der Waals surface area contributed by atoms with Gasteiger partial charge in [0.05, 0.1) is 0 Å². The molecule has 0 unspecified atom stereocenters. The van der Waals surface area contributed by atoms with Crippen LogP contribution in [-0.2, 0) is 13.1 Å². The van der Waals surface area contributed by atoms with E-state index in [2.05, 4.69) is 31.1 Å². The van der Waals surface area contributed by atoms with Gasteiger partial charge in [-0.2, -0.15) is 0 Å². The molecule has 0 atom stereocenters. The number of rotatable bonds is 4. The summed E-state index contributed by atoms with van der Waals surface area (Å²) < 4.78 is 3.34. The van der Waals surface area contributed by atoms with E-state index in [4.69, 9.17) is 0 Å². The lowest BCUT2D eigenvalue weighted by molar-refractivity contribution is 0.484. The zero-order valence-electron chi connectivity index (χ0n) is 6.85. The van der Waals surface area contributed by atoms with E-state index in [-0.39, 0.29) is 0 Å². The van der Waals surface area contributed by atoms with Gasteiger partial charge in [-0.1, -0.05) is 0 Å². The number of hydrogen-bond acceptors (Lipinski definition) is 6. The molecule has 2 aromatic rings. The molecule has 0 fully saturated rings. The van der Waals surface area contributed by atoms with E-state index in [1.165, 1.54) is 0 Å².